The first-order chi connectivity index (χ1) is 7.58. The van der Waals surface area contributed by atoms with E-state index < -0.39 is 6.29 Å². The van der Waals surface area contributed by atoms with E-state index in [1.54, 1.807) is 17.8 Å². The minimum absolute atomic E-state index is 0.249. The second kappa shape index (κ2) is 5.47. The van der Waals surface area contributed by atoms with Crippen molar-refractivity contribution in [2.45, 2.75) is 6.29 Å². The SMILES string of the molecule is COC(CNC(=O)c1nc(N)cn1C)OC. The van der Waals surface area contributed by atoms with Crippen LogP contribution in [0.3, 0.4) is 0 Å². The zero-order valence-corrected chi connectivity index (χ0v) is 9.56. The number of nitrogens with one attached hydrogen (secondary N) is 1. The molecule has 3 N–H and O–H groups in total. The standard InChI is InChI=1S/C9H16N4O3/c1-13-5-6(10)12-8(13)9(14)11-4-7(15-2)16-3/h5,7H,4,10H2,1-3H3,(H,11,14). The van der Waals surface area contributed by atoms with Gasteiger partial charge in [-0.15, -0.1) is 0 Å². The Kier molecular flexibility index (Phi) is 4.27. The van der Waals surface area contributed by atoms with E-state index in [-0.39, 0.29) is 18.3 Å². The fraction of sp³-hybridized carbons (Fsp3) is 0.556. The third kappa shape index (κ3) is 2.94. The van der Waals surface area contributed by atoms with Gasteiger partial charge in [0.25, 0.3) is 5.91 Å². The first-order valence-corrected chi connectivity index (χ1v) is 4.71. The van der Waals surface area contributed by atoms with Crippen molar-refractivity contribution in [2.75, 3.05) is 26.5 Å². The second-order valence-electron chi connectivity index (χ2n) is 3.21. The molecule has 16 heavy (non-hydrogen) atoms. The molecule has 1 aromatic heterocycles. The molecule has 1 heterocycles. The summed E-state index contributed by atoms with van der Waals surface area (Å²) in [5.41, 5.74) is 5.46. The lowest BCUT2D eigenvalue weighted by Crippen LogP contribution is -2.35. The number of aromatic nitrogens is 2. The van der Waals surface area contributed by atoms with Gasteiger partial charge in [0.05, 0.1) is 6.54 Å². The van der Waals surface area contributed by atoms with Gasteiger partial charge in [0.2, 0.25) is 5.82 Å². The molecule has 0 radical (unpaired) electrons. The number of amides is 1. The van der Waals surface area contributed by atoms with Gasteiger partial charge in [-0.25, -0.2) is 4.98 Å². The highest BCUT2D eigenvalue weighted by atomic mass is 16.7. The smallest absolute Gasteiger partial charge is 0.287 e. The molecule has 90 valence electrons. The van der Waals surface area contributed by atoms with Gasteiger partial charge in [-0.1, -0.05) is 0 Å². The molecule has 0 unspecified atom stereocenters. The summed E-state index contributed by atoms with van der Waals surface area (Å²) < 4.78 is 11.4. The molecule has 0 aliphatic rings. The summed E-state index contributed by atoms with van der Waals surface area (Å²) in [5, 5.41) is 2.63. The molecule has 7 nitrogen and oxygen atoms in total. The molecule has 1 amide bonds. The van der Waals surface area contributed by atoms with Gasteiger partial charge in [0.15, 0.2) is 6.29 Å². The van der Waals surface area contributed by atoms with E-state index in [1.807, 2.05) is 0 Å². The second-order valence-corrected chi connectivity index (χ2v) is 3.21. The van der Waals surface area contributed by atoms with Crippen LogP contribution in [0.25, 0.3) is 0 Å². The third-order valence-electron chi connectivity index (χ3n) is 2.05. The van der Waals surface area contributed by atoms with Crippen molar-refractivity contribution >= 4 is 11.7 Å². The number of carbonyl (C=O) groups excluding carboxylic acids is 1. The Morgan fingerprint density at radius 1 is 1.62 bits per heavy atom. The van der Waals surface area contributed by atoms with Crippen molar-refractivity contribution in [3.05, 3.63) is 12.0 Å². The number of hydrogen-bond acceptors (Lipinski definition) is 5. The van der Waals surface area contributed by atoms with Crippen LogP contribution in [0.4, 0.5) is 5.82 Å². The molecule has 1 rings (SSSR count). The zero-order chi connectivity index (χ0) is 12.1. The van der Waals surface area contributed by atoms with Crippen molar-refractivity contribution < 1.29 is 14.3 Å². The maximum absolute atomic E-state index is 11.7. The quantitative estimate of drug-likeness (QED) is 0.653. The highest BCUT2D eigenvalue weighted by molar-refractivity contribution is 5.91. The molecule has 0 aliphatic carbocycles. The number of carbonyl (C=O) groups is 1. The average Bonchev–Trinajstić information content (AvgIpc) is 2.59. The number of hydrogen-bond donors (Lipinski definition) is 2. The van der Waals surface area contributed by atoms with Crippen molar-refractivity contribution in [1.29, 1.82) is 0 Å². The maximum Gasteiger partial charge on any atom is 0.287 e. The number of rotatable bonds is 5. The molecule has 0 bridgehead atoms. The number of aryl methyl sites for hydroxylation is 1. The van der Waals surface area contributed by atoms with Crippen LogP contribution in [0, 0.1) is 0 Å². The monoisotopic (exact) mass is 228 g/mol. The van der Waals surface area contributed by atoms with E-state index in [1.165, 1.54) is 14.2 Å². The van der Waals surface area contributed by atoms with Gasteiger partial charge in [0.1, 0.15) is 5.82 Å². The maximum atomic E-state index is 11.7. The van der Waals surface area contributed by atoms with Crippen molar-refractivity contribution in [3.63, 3.8) is 0 Å². The number of ether oxygens (including phenoxy) is 2. The number of methoxy groups -OCH3 is 2. The molecule has 0 aromatic carbocycles. The minimum atomic E-state index is -0.471. The zero-order valence-electron chi connectivity index (χ0n) is 9.56. The Labute approximate surface area is 93.5 Å². The van der Waals surface area contributed by atoms with Gasteiger partial charge in [-0.2, -0.15) is 0 Å². The lowest BCUT2D eigenvalue weighted by molar-refractivity contribution is -0.0975. The summed E-state index contributed by atoms with van der Waals surface area (Å²) in [6, 6.07) is 0. The van der Waals surface area contributed by atoms with E-state index >= 15 is 0 Å². The lowest BCUT2D eigenvalue weighted by atomic mass is 10.5. The Morgan fingerprint density at radius 2 is 2.25 bits per heavy atom. The van der Waals surface area contributed by atoms with Crippen molar-refractivity contribution in [3.8, 4) is 0 Å². The summed E-state index contributed by atoms with van der Waals surface area (Å²) in [6.45, 7) is 0.249. The predicted molar refractivity (Wildman–Crippen MR) is 57.8 cm³/mol. The van der Waals surface area contributed by atoms with Gasteiger partial charge in [-0.3, -0.25) is 4.79 Å². The first-order valence-electron chi connectivity index (χ1n) is 4.71. The van der Waals surface area contributed by atoms with Crippen LogP contribution < -0.4 is 11.1 Å². The number of imidazole rings is 1. The summed E-state index contributed by atoms with van der Waals surface area (Å²) in [6.07, 6.45) is 1.10. The number of anilines is 1. The topological polar surface area (TPSA) is 91.4 Å². The molecule has 0 fully saturated rings. The Balaban J connectivity index is 2.56. The molecule has 0 atom stereocenters. The van der Waals surface area contributed by atoms with Crippen LogP contribution in [0.5, 0.6) is 0 Å². The highest BCUT2D eigenvalue weighted by Gasteiger charge is 2.14. The van der Waals surface area contributed by atoms with E-state index in [2.05, 4.69) is 10.3 Å². The first kappa shape index (κ1) is 12.5. The van der Waals surface area contributed by atoms with Gasteiger partial charge < -0.3 is 25.1 Å². The van der Waals surface area contributed by atoms with Crippen molar-refractivity contribution in [1.82, 2.24) is 14.9 Å². The molecule has 0 aliphatic heterocycles. The third-order valence-corrected chi connectivity index (χ3v) is 2.05. The van der Waals surface area contributed by atoms with Crippen LogP contribution in [0.15, 0.2) is 6.20 Å². The normalized spacial score (nSPS) is 10.8. The van der Waals surface area contributed by atoms with Crippen LogP contribution >= 0.6 is 0 Å². The summed E-state index contributed by atoms with van der Waals surface area (Å²) in [5.74, 6) is 0.240. The van der Waals surface area contributed by atoms with E-state index in [4.69, 9.17) is 15.2 Å². The molecule has 1 aromatic rings. The molecule has 0 saturated carbocycles. The molecular formula is C9H16N4O3. The van der Waals surface area contributed by atoms with Crippen LogP contribution in [0.1, 0.15) is 10.6 Å². The predicted octanol–water partition coefficient (Wildman–Crippen LogP) is -0.649. The van der Waals surface area contributed by atoms with E-state index in [0.29, 0.717) is 5.82 Å². The minimum Gasteiger partial charge on any atom is -0.382 e. The summed E-state index contributed by atoms with van der Waals surface area (Å²) >= 11 is 0. The number of nitrogens with zero attached hydrogens (tertiary/aromatic N) is 2. The van der Waals surface area contributed by atoms with Gasteiger partial charge in [-0.05, 0) is 0 Å². The number of nitrogens with two attached hydrogens (primary N) is 1. The van der Waals surface area contributed by atoms with Gasteiger partial charge in [0, 0.05) is 27.5 Å². The molecular weight excluding hydrogens is 212 g/mol. The molecule has 7 heteroatoms. The molecule has 0 saturated heterocycles. The molecule has 0 spiro atoms. The van der Waals surface area contributed by atoms with Gasteiger partial charge >= 0.3 is 0 Å². The Hall–Kier alpha value is -1.60. The summed E-state index contributed by atoms with van der Waals surface area (Å²) in [7, 11) is 4.69. The Bertz CT molecular complexity index is 360. The van der Waals surface area contributed by atoms with Crippen LogP contribution in [0.2, 0.25) is 0 Å². The van der Waals surface area contributed by atoms with E-state index in [0.717, 1.165) is 0 Å². The van der Waals surface area contributed by atoms with Crippen LogP contribution in [-0.2, 0) is 16.5 Å². The fourth-order valence-electron chi connectivity index (χ4n) is 1.22. The fourth-order valence-corrected chi connectivity index (χ4v) is 1.22. The average molecular weight is 228 g/mol. The largest absolute Gasteiger partial charge is 0.382 e. The van der Waals surface area contributed by atoms with Crippen LogP contribution in [-0.4, -0.2) is 42.5 Å². The highest BCUT2D eigenvalue weighted by Crippen LogP contribution is 2.02. The van der Waals surface area contributed by atoms with Crippen molar-refractivity contribution in [2.24, 2.45) is 7.05 Å². The lowest BCUT2D eigenvalue weighted by Gasteiger charge is -2.13. The number of nitrogen functional groups attached to an aromatic ring is 1. The Morgan fingerprint density at radius 3 is 2.69 bits per heavy atom. The summed E-state index contributed by atoms with van der Waals surface area (Å²) in [4.78, 5) is 15.5. The van der Waals surface area contributed by atoms with E-state index in [9.17, 15) is 4.79 Å².